The number of halogens is 1. The molecule has 7 heteroatoms. The molecule has 0 fully saturated rings. The Kier molecular flexibility index (Phi) is 10.8. The summed E-state index contributed by atoms with van der Waals surface area (Å²) in [6.45, 7) is 6.18. The largest absolute Gasteiger partial charge is 0.467 e. The minimum absolute atomic E-state index is 0.00340. The van der Waals surface area contributed by atoms with Crippen LogP contribution in [0.25, 0.3) is 0 Å². The highest BCUT2D eigenvalue weighted by atomic mass is 19.1. The number of amides is 2. The molecule has 2 aromatic rings. The summed E-state index contributed by atoms with van der Waals surface area (Å²) >= 11 is 0. The molecule has 0 aliphatic rings. The summed E-state index contributed by atoms with van der Waals surface area (Å²) in [6, 6.07) is 9.63. The van der Waals surface area contributed by atoms with Gasteiger partial charge in [-0.05, 0) is 49.6 Å². The number of carbonyl (C=O) groups excluding carboxylic acids is 2. The lowest BCUT2D eigenvalue weighted by atomic mass is 10.2. The van der Waals surface area contributed by atoms with Gasteiger partial charge in [0.2, 0.25) is 11.8 Å². The molecule has 0 bridgehead atoms. The Morgan fingerprint density at radius 1 is 1.00 bits per heavy atom. The molecule has 0 unspecified atom stereocenters. The van der Waals surface area contributed by atoms with E-state index < -0.39 is 0 Å². The molecule has 0 aliphatic carbocycles. The smallest absolute Gasteiger partial charge is 0.242 e. The number of rotatable bonds is 14. The Hall–Kier alpha value is -2.67. The molecular weight excluding hydrogens is 399 g/mol. The zero-order valence-electron chi connectivity index (χ0n) is 18.5. The fourth-order valence-corrected chi connectivity index (χ4v) is 3.18. The average molecular weight is 433 g/mol. The fourth-order valence-electron chi connectivity index (χ4n) is 3.18. The summed E-state index contributed by atoms with van der Waals surface area (Å²) in [5.41, 5.74) is 0.807. The highest BCUT2D eigenvalue weighted by molar-refractivity contribution is 5.84. The van der Waals surface area contributed by atoms with Crippen molar-refractivity contribution < 1.29 is 23.1 Å². The van der Waals surface area contributed by atoms with E-state index in [1.807, 2.05) is 13.8 Å². The number of ether oxygens (including phenoxy) is 1. The van der Waals surface area contributed by atoms with Crippen LogP contribution in [0.1, 0.15) is 50.9 Å². The molecule has 31 heavy (non-hydrogen) atoms. The first-order chi connectivity index (χ1) is 15.0. The summed E-state index contributed by atoms with van der Waals surface area (Å²) < 4.78 is 24.1. The first kappa shape index (κ1) is 24.6. The topological polar surface area (TPSA) is 63.0 Å². The lowest BCUT2D eigenvalue weighted by molar-refractivity contribution is -0.141. The third kappa shape index (κ3) is 8.92. The van der Waals surface area contributed by atoms with Gasteiger partial charge in [0.1, 0.15) is 11.6 Å². The van der Waals surface area contributed by atoms with E-state index in [0.29, 0.717) is 44.9 Å². The van der Waals surface area contributed by atoms with Crippen molar-refractivity contribution in [3.8, 4) is 0 Å². The molecule has 0 saturated heterocycles. The van der Waals surface area contributed by atoms with Crippen LogP contribution in [0.2, 0.25) is 0 Å². The maximum atomic E-state index is 13.3. The molecule has 2 rings (SSSR count). The molecule has 6 nitrogen and oxygen atoms in total. The van der Waals surface area contributed by atoms with Gasteiger partial charge in [0.25, 0.3) is 0 Å². The quantitative estimate of drug-likeness (QED) is 0.415. The highest BCUT2D eigenvalue weighted by Gasteiger charge is 2.22. The Bertz CT molecular complexity index is 777. The lowest BCUT2D eigenvalue weighted by Gasteiger charge is -2.27. The Labute approximate surface area is 184 Å². The van der Waals surface area contributed by atoms with Gasteiger partial charge in [-0.2, -0.15) is 0 Å². The first-order valence-corrected chi connectivity index (χ1v) is 10.9. The number of benzene rings is 1. The van der Waals surface area contributed by atoms with Crippen LogP contribution in [0.5, 0.6) is 0 Å². The molecule has 2 amide bonds. The maximum absolute atomic E-state index is 13.3. The third-order valence-corrected chi connectivity index (χ3v) is 4.91. The summed E-state index contributed by atoms with van der Waals surface area (Å²) in [6.07, 6.45) is 4.37. The minimum Gasteiger partial charge on any atom is -0.467 e. The molecule has 170 valence electrons. The highest BCUT2D eigenvalue weighted by Crippen LogP contribution is 2.13. The van der Waals surface area contributed by atoms with Crippen LogP contribution in [0.15, 0.2) is 47.1 Å². The second kappa shape index (κ2) is 13.6. The number of unbranched alkanes of at least 4 members (excludes halogenated alkanes) is 1. The fraction of sp³-hybridized carbons (Fsp3) is 0.500. The van der Waals surface area contributed by atoms with Crippen molar-refractivity contribution in [3.05, 3.63) is 59.8 Å². The maximum Gasteiger partial charge on any atom is 0.242 e. The van der Waals surface area contributed by atoms with Crippen molar-refractivity contribution in [1.29, 1.82) is 0 Å². The van der Waals surface area contributed by atoms with Crippen molar-refractivity contribution in [1.82, 2.24) is 9.80 Å². The van der Waals surface area contributed by atoms with Crippen molar-refractivity contribution in [2.75, 3.05) is 26.3 Å². The Morgan fingerprint density at radius 2 is 1.77 bits per heavy atom. The van der Waals surface area contributed by atoms with Gasteiger partial charge in [0.05, 0.1) is 19.4 Å². The summed E-state index contributed by atoms with van der Waals surface area (Å²) in [5.74, 6) is 0.124. The molecular formula is C24H33FN2O4. The van der Waals surface area contributed by atoms with Crippen molar-refractivity contribution in [3.63, 3.8) is 0 Å². The predicted molar refractivity (Wildman–Crippen MR) is 117 cm³/mol. The molecule has 1 aromatic carbocycles. The van der Waals surface area contributed by atoms with Crippen LogP contribution in [0.3, 0.4) is 0 Å². The van der Waals surface area contributed by atoms with E-state index in [2.05, 4.69) is 0 Å². The molecule has 0 radical (unpaired) electrons. The number of hydrogen-bond acceptors (Lipinski definition) is 4. The van der Waals surface area contributed by atoms with Crippen LogP contribution in [0.4, 0.5) is 4.39 Å². The second-order valence-corrected chi connectivity index (χ2v) is 7.42. The summed E-state index contributed by atoms with van der Waals surface area (Å²) in [5, 5.41) is 0. The van der Waals surface area contributed by atoms with Gasteiger partial charge < -0.3 is 19.0 Å². The van der Waals surface area contributed by atoms with Crippen LogP contribution in [-0.4, -0.2) is 47.9 Å². The Morgan fingerprint density at radius 3 is 2.42 bits per heavy atom. The van der Waals surface area contributed by atoms with E-state index in [9.17, 15) is 14.0 Å². The molecule has 0 saturated carbocycles. The van der Waals surface area contributed by atoms with E-state index >= 15 is 0 Å². The normalized spacial score (nSPS) is 10.8. The summed E-state index contributed by atoms with van der Waals surface area (Å²) in [4.78, 5) is 29.1. The van der Waals surface area contributed by atoms with Gasteiger partial charge in [-0.3, -0.25) is 9.59 Å². The SMILES string of the molecule is CCCCC(=O)N(CCCOCC)CC(=O)N(Cc1ccc(F)cc1)Cc1ccco1. The monoisotopic (exact) mass is 432 g/mol. The van der Waals surface area contributed by atoms with Crippen LogP contribution in [0, 0.1) is 5.82 Å². The van der Waals surface area contributed by atoms with Crippen LogP contribution >= 0.6 is 0 Å². The van der Waals surface area contributed by atoms with E-state index in [1.54, 1.807) is 40.3 Å². The van der Waals surface area contributed by atoms with Crippen molar-refractivity contribution in [2.45, 2.75) is 52.6 Å². The van der Waals surface area contributed by atoms with E-state index in [4.69, 9.17) is 9.15 Å². The summed E-state index contributed by atoms with van der Waals surface area (Å²) in [7, 11) is 0. The minimum atomic E-state index is -0.324. The van der Waals surface area contributed by atoms with E-state index in [-0.39, 0.29) is 30.7 Å². The third-order valence-electron chi connectivity index (χ3n) is 4.91. The standard InChI is InChI=1S/C24H33FN2O4/c1-3-5-9-23(28)26(14-7-15-30-4-2)19-24(29)27(18-22-8-6-16-31-22)17-20-10-12-21(25)13-11-20/h6,8,10-13,16H,3-5,7,9,14-15,17-19H2,1-2H3. The van der Waals surface area contributed by atoms with Gasteiger partial charge in [0.15, 0.2) is 0 Å². The number of furan rings is 1. The van der Waals surface area contributed by atoms with Gasteiger partial charge >= 0.3 is 0 Å². The van der Waals surface area contributed by atoms with Gasteiger partial charge in [0, 0.05) is 32.7 Å². The second-order valence-electron chi connectivity index (χ2n) is 7.42. The number of nitrogens with zero attached hydrogens (tertiary/aromatic N) is 2. The first-order valence-electron chi connectivity index (χ1n) is 10.9. The van der Waals surface area contributed by atoms with Crippen LogP contribution < -0.4 is 0 Å². The van der Waals surface area contributed by atoms with Gasteiger partial charge in [-0.1, -0.05) is 25.5 Å². The zero-order chi connectivity index (χ0) is 22.5. The number of hydrogen-bond donors (Lipinski definition) is 0. The lowest BCUT2D eigenvalue weighted by Crippen LogP contribution is -2.43. The molecule has 0 atom stereocenters. The molecule has 0 aliphatic heterocycles. The van der Waals surface area contributed by atoms with E-state index in [1.165, 1.54) is 12.1 Å². The average Bonchev–Trinajstić information content (AvgIpc) is 3.28. The number of carbonyl (C=O) groups is 2. The van der Waals surface area contributed by atoms with Gasteiger partial charge in [-0.15, -0.1) is 0 Å². The molecule has 0 spiro atoms. The molecule has 1 heterocycles. The zero-order valence-corrected chi connectivity index (χ0v) is 18.5. The van der Waals surface area contributed by atoms with Crippen molar-refractivity contribution >= 4 is 11.8 Å². The molecule has 0 N–H and O–H groups in total. The Balaban J connectivity index is 2.09. The van der Waals surface area contributed by atoms with Crippen molar-refractivity contribution in [2.24, 2.45) is 0 Å². The molecule has 1 aromatic heterocycles. The van der Waals surface area contributed by atoms with Gasteiger partial charge in [-0.25, -0.2) is 4.39 Å². The van der Waals surface area contributed by atoms with E-state index in [0.717, 1.165) is 18.4 Å². The van der Waals surface area contributed by atoms with Crippen LogP contribution in [-0.2, 0) is 27.4 Å². The predicted octanol–water partition coefficient (Wildman–Crippen LogP) is 4.39.